The molecule has 1 aromatic carbocycles. The Hall–Kier alpha value is -0.340. The molecule has 1 aromatic rings. The predicted molar refractivity (Wildman–Crippen MR) is 66.5 cm³/mol. The molecule has 0 aliphatic carbocycles. The lowest BCUT2D eigenvalue weighted by molar-refractivity contribution is 0.185. The Morgan fingerprint density at radius 2 is 2.40 bits per heavy atom. The second-order valence-corrected chi connectivity index (χ2v) is 5.51. The van der Waals surface area contributed by atoms with Crippen molar-refractivity contribution >= 4 is 15.9 Å². The SMILES string of the molecule is Cc1cccc(CC(Br)C2CCOC2)c1. The molecule has 0 amide bonds. The van der Waals surface area contributed by atoms with E-state index in [0.29, 0.717) is 10.7 Å². The number of aryl methyl sites for hydroxylation is 1. The fourth-order valence-corrected chi connectivity index (χ4v) is 2.86. The summed E-state index contributed by atoms with van der Waals surface area (Å²) in [6.45, 7) is 3.99. The fraction of sp³-hybridized carbons (Fsp3) is 0.538. The van der Waals surface area contributed by atoms with Gasteiger partial charge in [-0.2, -0.15) is 0 Å². The Labute approximate surface area is 100.0 Å². The van der Waals surface area contributed by atoms with Crippen LogP contribution in [0.1, 0.15) is 17.5 Å². The van der Waals surface area contributed by atoms with Crippen LogP contribution in [-0.4, -0.2) is 18.0 Å². The Kier molecular flexibility index (Phi) is 3.81. The van der Waals surface area contributed by atoms with Gasteiger partial charge < -0.3 is 4.74 Å². The first-order valence-corrected chi connectivity index (χ1v) is 6.44. The summed E-state index contributed by atoms with van der Waals surface area (Å²) in [5.74, 6) is 0.686. The molecule has 1 aliphatic rings. The fourth-order valence-electron chi connectivity index (χ4n) is 2.07. The Morgan fingerprint density at radius 3 is 3.07 bits per heavy atom. The summed E-state index contributed by atoms with van der Waals surface area (Å²) < 4.78 is 5.41. The normalized spacial score (nSPS) is 22.9. The number of alkyl halides is 1. The number of hydrogen-bond acceptors (Lipinski definition) is 1. The smallest absolute Gasteiger partial charge is 0.0505 e. The second-order valence-electron chi connectivity index (χ2n) is 4.33. The van der Waals surface area contributed by atoms with Gasteiger partial charge in [0.15, 0.2) is 0 Å². The van der Waals surface area contributed by atoms with Crippen LogP contribution in [0.25, 0.3) is 0 Å². The molecule has 2 rings (SSSR count). The Balaban J connectivity index is 1.95. The summed E-state index contributed by atoms with van der Waals surface area (Å²) in [5, 5.41) is 0. The molecule has 15 heavy (non-hydrogen) atoms. The average molecular weight is 269 g/mol. The number of rotatable bonds is 3. The molecule has 0 radical (unpaired) electrons. The molecular formula is C13H17BrO. The summed E-state index contributed by atoms with van der Waals surface area (Å²) in [5.41, 5.74) is 2.76. The molecule has 1 fully saturated rings. The van der Waals surface area contributed by atoms with Crippen molar-refractivity contribution in [1.29, 1.82) is 0 Å². The van der Waals surface area contributed by atoms with Gasteiger partial charge in [-0.15, -0.1) is 0 Å². The average Bonchev–Trinajstić information content (AvgIpc) is 2.70. The van der Waals surface area contributed by atoms with Gasteiger partial charge in [0, 0.05) is 11.4 Å². The van der Waals surface area contributed by atoms with E-state index in [4.69, 9.17) is 4.74 Å². The van der Waals surface area contributed by atoms with Crippen LogP contribution in [-0.2, 0) is 11.2 Å². The van der Waals surface area contributed by atoms with Gasteiger partial charge in [0.2, 0.25) is 0 Å². The van der Waals surface area contributed by atoms with Crippen LogP contribution in [0.15, 0.2) is 24.3 Å². The Bertz CT molecular complexity index is 318. The van der Waals surface area contributed by atoms with Crippen LogP contribution in [0.2, 0.25) is 0 Å². The molecule has 0 bridgehead atoms. The lowest BCUT2D eigenvalue weighted by Crippen LogP contribution is -2.16. The molecule has 1 saturated heterocycles. The topological polar surface area (TPSA) is 9.23 Å². The van der Waals surface area contributed by atoms with Crippen LogP contribution in [0, 0.1) is 12.8 Å². The summed E-state index contributed by atoms with van der Waals surface area (Å²) >= 11 is 3.79. The van der Waals surface area contributed by atoms with Crippen molar-refractivity contribution in [2.24, 2.45) is 5.92 Å². The maximum absolute atomic E-state index is 5.41. The highest BCUT2D eigenvalue weighted by atomic mass is 79.9. The Morgan fingerprint density at radius 1 is 1.53 bits per heavy atom. The first-order chi connectivity index (χ1) is 7.25. The van der Waals surface area contributed by atoms with Crippen molar-refractivity contribution in [2.45, 2.75) is 24.6 Å². The zero-order valence-electron chi connectivity index (χ0n) is 9.08. The van der Waals surface area contributed by atoms with E-state index in [0.717, 1.165) is 19.6 Å². The van der Waals surface area contributed by atoms with Crippen LogP contribution in [0.4, 0.5) is 0 Å². The van der Waals surface area contributed by atoms with Crippen molar-refractivity contribution < 1.29 is 4.74 Å². The molecule has 1 nitrogen and oxygen atoms in total. The first kappa shape index (κ1) is 11.2. The van der Waals surface area contributed by atoms with Crippen LogP contribution in [0.3, 0.4) is 0 Å². The van der Waals surface area contributed by atoms with E-state index in [-0.39, 0.29) is 0 Å². The summed E-state index contributed by atoms with van der Waals surface area (Å²) in [6.07, 6.45) is 2.30. The quantitative estimate of drug-likeness (QED) is 0.765. The van der Waals surface area contributed by atoms with Gasteiger partial charge in [0.25, 0.3) is 0 Å². The van der Waals surface area contributed by atoms with Gasteiger partial charge >= 0.3 is 0 Å². The minimum atomic E-state index is 0.557. The third-order valence-corrected chi connectivity index (χ3v) is 4.06. The van der Waals surface area contributed by atoms with Crippen LogP contribution >= 0.6 is 15.9 Å². The zero-order valence-corrected chi connectivity index (χ0v) is 10.7. The molecule has 82 valence electrons. The molecule has 1 aliphatic heterocycles. The van der Waals surface area contributed by atoms with Crippen molar-refractivity contribution in [1.82, 2.24) is 0 Å². The number of benzene rings is 1. The molecule has 2 unspecified atom stereocenters. The summed E-state index contributed by atoms with van der Waals surface area (Å²) in [7, 11) is 0. The summed E-state index contributed by atoms with van der Waals surface area (Å²) in [6, 6.07) is 8.75. The van der Waals surface area contributed by atoms with Gasteiger partial charge in [-0.1, -0.05) is 45.8 Å². The summed E-state index contributed by atoms with van der Waals surface area (Å²) in [4.78, 5) is 0.557. The molecule has 1 heterocycles. The lowest BCUT2D eigenvalue weighted by Gasteiger charge is -2.15. The van der Waals surface area contributed by atoms with Crippen LogP contribution < -0.4 is 0 Å². The third-order valence-electron chi connectivity index (χ3n) is 2.99. The minimum Gasteiger partial charge on any atom is -0.381 e. The minimum absolute atomic E-state index is 0.557. The van der Waals surface area contributed by atoms with E-state index in [1.165, 1.54) is 17.5 Å². The van der Waals surface area contributed by atoms with E-state index >= 15 is 0 Å². The number of hydrogen-bond donors (Lipinski definition) is 0. The van der Waals surface area contributed by atoms with Gasteiger partial charge in [-0.05, 0) is 31.2 Å². The maximum Gasteiger partial charge on any atom is 0.0505 e. The highest BCUT2D eigenvalue weighted by molar-refractivity contribution is 9.09. The van der Waals surface area contributed by atoms with E-state index < -0.39 is 0 Å². The monoisotopic (exact) mass is 268 g/mol. The highest BCUT2D eigenvalue weighted by Crippen LogP contribution is 2.25. The molecule has 2 heteroatoms. The molecular weight excluding hydrogens is 252 g/mol. The predicted octanol–water partition coefficient (Wildman–Crippen LogP) is 3.34. The van der Waals surface area contributed by atoms with Gasteiger partial charge in [-0.25, -0.2) is 0 Å². The van der Waals surface area contributed by atoms with Crippen LogP contribution in [0.5, 0.6) is 0 Å². The second kappa shape index (κ2) is 5.13. The standard InChI is InChI=1S/C13H17BrO/c1-10-3-2-4-11(7-10)8-13(14)12-5-6-15-9-12/h2-4,7,12-13H,5-6,8-9H2,1H3. The van der Waals surface area contributed by atoms with Gasteiger partial charge in [0.05, 0.1) is 6.61 Å². The van der Waals surface area contributed by atoms with Crippen molar-refractivity contribution in [3.63, 3.8) is 0 Å². The maximum atomic E-state index is 5.41. The third kappa shape index (κ3) is 3.05. The molecule has 0 saturated carbocycles. The number of halogens is 1. The van der Waals surface area contributed by atoms with E-state index in [1.54, 1.807) is 0 Å². The lowest BCUT2D eigenvalue weighted by atomic mass is 9.98. The zero-order chi connectivity index (χ0) is 10.7. The molecule has 0 aromatic heterocycles. The highest BCUT2D eigenvalue weighted by Gasteiger charge is 2.23. The van der Waals surface area contributed by atoms with E-state index in [9.17, 15) is 0 Å². The first-order valence-electron chi connectivity index (χ1n) is 5.53. The van der Waals surface area contributed by atoms with Gasteiger partial charge in [0.1, 0.15) is 0 Å². The molecule has 0 spiro atoms. The van der Waals surface area contributed by atoms with Crippen molar-refractivity contribution in [3.05, 3.63) is 35.4 Å². The molecule has 0 N–H and O–H groups in total. The van der Waals surface area contributed by atoms with E-state index in [2.05, 4.69) is 47.1 Å². The largest absolute Gasteiger partial charge is 0.381 e. The molecule has 2 atom stereocenters. The van der Waals surface area contributed by atoms with Crippen molar-refractivity contribution in [3.8, 4) is 0 Å². The van der Waals surface area contributed by atoms with E-state index in [1.807, 2.05) is 0 Å². The van der Waals surface area contributed by atoms with Crippen molar-refractivity contribution in [2.75, 3.05) is 13.2 Å². The van der Waals surface area contributed by atoms with Gasteiger partial charge in [-0.3, -0.25) is 0 Å². The number of ether oxygens (including phenoxy) is 1.